The Morgan fingerprint density at radius 1 is 1.06 bits per heavy atom. The number of rotatable bonds is 7. The van der Waals surface area contributed by atoms with Gasteiger partial charge in [-0.05, 0) is 107 Å². The van der Waals surface area contributed by atoms with E-state index in [0.29, 0.717) is 18.9 Å². The molecule has 0 unspecified atom stereocenters. The summed E-state index contributed by atoms with van der Waals surface area (Å²) in [4.78, 5) is 28.3. The van der Waals surface area contributed by atoms with Gasteiger partial charge in [0.1, 0.15) is 6.61 Å². The lowest BCUT2D eigenvalue weighted by Gasteiger charge is -2.60. The van der Waals surface area contributed by atoms with Crippen LogP contribution in [0.15, 0.2) is 82.1 Å². The zero-order valence-corrected chi connectivity index (χ0v) is 28.1. The van der Waals surface area contributed by atoms with Gasteiger partial charge in [-0.2, -0.15) is 0 Å². The number of allylic oxidation sites excluding steroid dienone is 4. The second-order valence-electron chi connectivity index (χ2n) is 14.9. The molecule has 252 valence electrons. The highest BCUT2D eigenvalue weighted by Crippen LogP contribution is 2.71. The lowest BCUT2D eigenvalue weighted by molar-refractivity contribution is -0.237. The molecule has 0 spiro atoms. The first-order chi connectivity index (χ1) is 21.8. The van der Waals surface area contributed by atoms with Crippen molar-refractivity contribution in [3.05, 3.63) is 77.9 Å². The molecule has 0 bridgehead atoms. The zero-order chi connectivity index (χ0) is 32.6. The summed E-state index contributed by atoms with van der Waals surface area (Å²) in [6.07, 6.45) is 6.68. The number of hydrogen-bond donors (Lipinski definition) is 3. The minimum absolute atomic E-state index is 0. The fourth-order valence-electron chi connectivity index (χ4n) is 9.93. The molecule has 0 amide bonds. The number of aliphatic hydroxyl groups excluding tert-OH is 2. The molecule has 4 aliphatic carbocycles. The van der Waals surface area contributed by atoms with Gasteiger partial charge in [-0.1, -0.05) is 56.8 Å². The fraction of sp³-hybridized carbons (Fsp3) is 0.538. The Kier molecular flexibility index (Phi) is 8.70. The third kappa shape index (κ3) is 5.18. The first kappa shape index (κ1) is 34.1. The monoisotopic (exact) mass is 659 g/mol. The normalized spacial score (nSPS) is 38.5. The Balaban J connectivity index is 0.00000386. The van der Waals surface area contributed by atoms with Gasteiger partial charge in [0.05, 0.1) is 12.2 Å². The van der Waals surface area contributed by atoms with Crippen molar-refractivity contribution in [2.75, 3.05) is 11.9 Å². The van der Waals surface area contributed by atoms with Gasteiger partial charge < -0.3 is 25.0 Å². The number of benzene rings is 2. The van der Waals surface area contributed by atoms with Crippen molar-refractivity contribution in [1.29, 1.82) is 0 Å². The first-order valence-electron chi connectivity index (χ1n) is 16.6. The number of ether oxygens (including phenoxy) is 2. The summed E-state index contributed by atoms with van der Waals surface area (Å²) in [5.74, 6) is -1.48. The predicted octanol–water partition coefficient (Wildman–Crippen LogP) is 7.07. The number of fused-ring (bicyclic) bond motifs is 7. The summed E-state index contributed by atoms with van der Waals surface area (Å²) in [6, 6.07) is 16.8. The predicted molar refractivity (Wildman–Crippen MR) is 184 cm³/mol. The van der Waals surface area contributed by atoms with Crippen LogP contribution in [0, 0.1) is 28.6 Å². The van der Waals surface area contributed by atoms with Crippen molar-refractivity contribution < 1.29 is 29.3 Å². The smallest absolute Gasteiger partial charge is 0.193 e. The van der Waals surface area contributed by atoms with Crippen LogP contribution in [0.1, 0.15) is 73.3 Å². The van der Waals surface area contributed by atoms with Gasteiger partial charge in [-0.25, -0.2) is 0 Å². The zero-order valence-electron chi connectivity index (χ0n) is 27.3. The molecule has 3 saturated carbocycles. The lowest BCUT2D eigenvalue weighted by Crippen LogP contribution is -2.63. The molecular weight excluding hydrogens is 610 g/mol. The largest absolute Gasteiger partial charge is 0.393 e. The topological polar surface area (TPSA) is 105 Å². The van der Waals surface area contributed by atoms with Gasteiger partial charge in [0.25, 0.3) is 0 Å². The number of aliphatic hydroxyl groups is 2. The second kappa shape index (κ2) is 12.0. The van der Waals surface area contributed by atoms with Crippen molar-refractivity contribution >= 4 is 29.0 Å². The number of ketones is 2. The second-order valence-corrected chi connectivity index (χ2v) is 16.0. The minimum Gasteiger partial charge on any atom is -0.393 e. The maximum Gasteiger partial charge on any atom is 0.193 e. The molecule has 3 N–H and O–H groups in total. The molecular formula is C39H49NO6S. The molecule has 9 atom stereocenters. The number of anilines is 1. The third-order valence-electron chi connectivity index (χ3n) is 11.9. The van der Waals surface area contributed by atoms with Crippen LogP contribution in [0.25, 0.3) is 0 Å². The van der Waals surface area contributed by atoms with E-state index in [2.05, 4.69) is 57.3 Å². The van der Waals surface area contributed by atoms with Gasteiger partial charge >= 0.3 is 0 Å². The molecule has 1 saturated heterocycles. The van der Waals surface area contributed by atoms with Crippen LogP contribution in [-0.4, -0.2) is 52.2 Å². The van der Waals surface area contributed by atoms with Crippen LogP contribution in [-0.2, 0) is 24.8 Å². The van der Waals surface area contributed by atoms with Crippen molar-refractivity contribution in [3.8, 4) is 0 Å². The quantitative estimate of drug-likeness (QED) is 0.290. The standard InChI is InChI=1S/C38H45NO6S.CH4/c1-22(2)39-25-9-13-28(14-10-25)46-27-11-6-23(7-12-27)37(5)44-33-19-30-29-15-8-24-18-26(41)16-17-35(24,3)34(29)31(42)20-36(30,4)38(33,45-37)32(43)21-40;/h6-7,9-14,16-18,22,29-31,33-34,39-40,42H,8,15,19-21H2,1-5H3;1H4/t29-,30-,31-,33+,34+,35-,36-,37+,38+;/m0./s1. The fourth-order valence-corrected chi connectivity index (χ4v) is 10.7. The Labute approximate surface area is 283 Å². The van der Waals surface area contributed by atoms with Crippen LogP contribution in [0.3, 0.4) is 0 Å². The molecule has 7 rings (SSSR count). The summed E-state index contributed by atoms with van der Waals surface area (Å²) in [6.45, 7) is 9.65. The third-order valence-corrected chi connectivity index (χ3v) is 12.9. The number of Topliss-reactive ketones (excluding diaryl/α,β-unsaturated/α-hetero) is 1. The highest BCUT2D eigenvalue weighted by atomic mass is 32.2. The molecule has 47 heavy (non-hydrogen) atoms. The van der Waals surface area contributed by atoms with E-state index < -0.39 is 41.0 Å². The van der Waals surface area contributed by atoms with Gasteiger partial charge in [0.2, 0.25) is 0 Å². The average Bonchev–Trinajstić information content (AvgIpc) is 3.45. The van der Waals surface area contributed by atoms with Gasteiger partial charge in [0.15, 0.2) is 23.0 Å². The van der Waals surface area contributed by atoms with Crippen LogP contribution in [0.5, 0.6) is 0 Å². The van der Waals surface area contributed by atoms with E-state index in [9.17, 15) is 19.8 Å². The van der Waals surface area contributed by atoms with Crippen LogP contribution < -0.4 is 5.32 Å². The highest BCUT2D eigenvalue weighted by Gasteiger charge is 2.77. The Morgan fingerprint density at radius 2 is 1.72 bits per heavy atom. The van der Waals surface area contributed by atoms with Crippen molar-refractivity contribution in [2.24, 2.45) is 28.6 Å². The Hall–Kier alpha value is -2.75. The number of nitrogens with one attached hydrogen (secondary N) is 1. The molecule has 7 nitrogen and oxygen atoms in total. The molecule has 2 aromatic carbocycles. The van der Waals surface area contributed by atoms with E-state index in [1.807, 2.05) is 37.3 Å². The maximum absolute atomic E-state index is 13.9. The van der Waals surface area contributed by atoms with E-state index in [4.69, 9.17) is 9.47 Å². The highest BCUT2D eigenvalue weighted by molar-refractivity contribution is 7.99. The molecule has 0 radical (unpaired) electrons. The summed E-state index contributed by atoms with van der Waals surface area (Å²) in [7, 11) is 0. The maximum atomic E-state index is 13.9. The van der Waals surface area contributed by atoms with Crippen molar-refractivity contribution in [2.45, 2.75) is 107 Å². The Bertz CT molecular complexity index is 1600. The molecule has 8 heteroatoms. The van der Waals surface area contributed by atoms with Crippen molar-refractivity contribution in [3.63, 3.8) is 0 Å². The molecule has 5 aliphatic rings. The van der Waals surface area contributed by atoms with Gasteiger partial charge in [-0.15, -0.1) is 0 Å². The molecule has 1 heterocycles. The van der Waals surface area contributed by atoms with Crippen LogP contribution in [0.2, 0.25) is 0 Å². The number of carbonyl (C=O) groups is 2. The molecule has 1 aliphatic heterocycles. The van der Waals surface area contributed by atoms with Gasteiger partial charge in [-0.3, -0.25) is 9.59 Å². The summed E-state index contributed by atoms with van der Waals surface area (Å²) in [5, 5.41) is 25.7. The van der Waals surface area contributed by atoms with Crippen molar-refractivity contribution in [1.82, 2.24) is 0 Å². The summed E-state index contributed by atoms with van der Waals surface area (Å²) in [5.41, 5.74) is 0.445. The summed E-state index contributed by atoms with van der Waals surface area (Å²) < 4.78 is 13.7. The summed E-state index contributed by atoms with van der Waals surface area (Å²) >= 11 is 1.67. The van der Waals surface area contributed by atoms with Crippen LogP contribution in [0.4, 0.5) is 5.69 Å². The van der Waals surface area contributed by atoms with E-state index in [-0.39, 0.29) is 36.7 Å². The van der Waals surface area contributed by atoms with E-state index in [0.717, 1.165) is 39.5 Å². The average molecular weight is 660 g/mol. The number of carbonyl (C=O) groups excluding carboxylic acids is 2. The first-order valence-corrected chi connectivity index (χ1v) is 17.4. The minimum atomic E-state index is -1.39. The van der Waals surface area contributed by atoms with E-state index in [1.165, 1.54) is 0 Å². The van der Waals surface area contributed by atoms with E-state index in [1.54, 1.807) is 23.9 Å². The number of hydrogen-bond acceptors (Lipinski definition) is 8. The SMILES string of the molecule is C.CC(C)Nc1ccc(Sc2ccc([C@]3(C)O[C@@H]4C[C@H]5[C@@H]6CCC7=CC(=O)C=C[C@]7(C)[C@H]6[C@@H](O)C[C@]5(C)[C@]4(C(=O)CO)O3)cc2)cc1. The Morgan fingerprint density at radius 3 is 2.36 bits per heavy atom. The van der Waals surface area contributed by atoms with Crippen LogP contribution >= 0.6 is 11.8 Å². The van der Waals surface area contributed by atoms with Gasteiger partial charge in [0, 0.05) is 43.8 Å². The molecule has 4 fully saturated rings. The molecule has 0 aromatic heterocycles. The van der Waals surface area contributed by atoms with E-state index >= 15 is 0 Å². The molecule has 2 aromatic rings. The lowest BCUT2D eigenvalue weighted by atomic mass is 9.46.